The number of carbonyl (C=O) groups is 3. The van der Waals surface area contributed by atoms with Gasteiger partial charge < -0.3 is 15.5 Å². The SMILES string of the molecule is O=C(O)CCC[C@@H](NC(=O)C1CC1)C(=O)O. The van der Waals surface area contributed by atoms with Gasteiger partial charge in [0.15, 0.2) is 0 Å². The van der Waals surface area contributed by atoms with Gasteiger partial charge in [-0.05, 0) is 25.7 Å². The van der Waals surface area contributed by atoms with Gasteiger partial charge in [-0.15, -0.1) is 0 Å². The van der Waals surface area contributed by atoms with Gasteiger partial charge in [-0.25, -0.2) is 4.79 Å². The minimum absolute atomic E-state index is 0.0404. The Morgan fingerprint density at radius 1 is 1.25 bits per heavy atom. The van der Waals surface area contributed by atoms with Crippen LogP contribution in [0.15, 0.2) is 0 Å². The number of hydrogen-bond donors (Lipinski definition) is 3. The molecule has 1 amide bonds. The van der Waals surface area contributed by atoms with Crippen LogP contribution in [0.3, 0.4) is 0 Å². The third kappa shape index (κ3) is 4.29. The first kappa shape index (κ1) is 12.5. The highest BCUT2D eigenvalue weighted by Crippen LogP contribution is 2.29. The van der Waals surface area contributed by atoms with Crippen LogP contribution in [0.4, 0.5) is 0 Å². The lowest BCUT2D eigenvalue weighted by Crippen LogP contribution is -2.41. The average Bonchev–Trinajstić information content (AvgIpc) is 2.98. The standard InChI is InChI=1S/C10H15NO5/c12-8(13)3-1-2-7(10(15)16)11-9(14)6-4-5-6/h6-7H,1-5H2,(H,11,14)(H,12,13)(H,15,16)/t7-/m1/s1. The lowest BCUT2D eigenvalue weighted by atomic mass is 10.1. The number of aliphatic carboxylic acids is 2. The lowest BCUT2D eigenvalue weighted by Gasteiger charge is -2.13. The predicted octanol–water partition coefficient (Wildman–Crippen LogP) is 0.221. The van der Waals surface area contributed by atoms with Crippen LogP contribution >= 0.6 is 0 Å². The van der Waals surface area contributed by atoms with Crippen molar-refractivity contribution in [1.29, 1.82) is 0 Å². The van der Waals surface area contributed by atoms with E-state index in [-0.39, 0.29) is 31.1 Å². The molecule has 0 aliphatic heterocycles. The van der Waals surface area contributed by atoms with Crippen LogP contribution in [0, 0.1) is 5.92 Å². The molecule has 90 valence electrons. The van der Waals surface area contributed by atoms with E-state index in [1.54, 1.807) is 0 Å². The molecule has 3 N–H and O–H groups in total. The molecule has 0 heterocycles. The molecular formula is C10H15NO5. The van der Waals surface area contributed by atoms with E-state index < -0.39 is 18.0 Å². The summed E-state index contributed by atoms with van der Waals surface area (Å²) in [6, 6.07) is -0.965. The molecule has 0 spiro atoms. The predicted molar refractivity (Wildman–Crippen MR) is 53.8 cm³/mol. The van der Waals surface area contributed by atoms with Crippen molar-refractivity contribution in [2.75, 3.05) is 0 Å². The van der Waals surface area contributed by atoms with Gasteiger partial charge in [0.2, 0.25) is 5.91 Å². The fourth-order valence-electron chi connectivity index (χ4n) is 1.35. The molecular weight excluding hydrogens is 214 g/mol. The molecule has 0 aromatic carbocycles. The Balaban J connectivity index is 2.31. The largest absolute Gasteiger partial charge is 0.481 e. The summed E-state index contributed by atoms with van der Waals surface area (Å²) in [6.45, 7) is 0. The summed E-state index contributed by atoms with van der Waals surface area (Å²) in [6.07, 6.45) is 1.95. The number of nitrogens with one attached hydrogen (secondary N) is 1. The van der Waals surface area contributed by atoms with Crippen molar-refractivity contribution in [1.82, 2.24) is 5.32 Å². The molecule has 6 nitrogen and oxygen atoms in total. The zero-order valence-corrected chi connectivity index (χ0v) is 8.81. The maximum atomic E-state index is 11.3. The molecule has 0 unspecified atom stereocenters. The summed E-state index contributed by atoms with van der Waals surface area (Å²) in [7, 11) is 0. The van der Waals surface area contributed by atoms with E-state index in [2.05, 4.69) is 5.32 Å². The van der Waals surface area contributed by atoms with Crippen molar-refractivity contribution < 1.29 is 24.6 Å². The first-order chi connectivity index (χ1) is 7.50. The molecule has 0 radical (unpaired) electrons. The van der Waals surface area contributed by atoms with Gasteiger partial charge in [0.05, 0.1) is 0 Å². The van der Waals surface area contributed by atoms with E-state index in [1.807, 2.05) is 0 Å². The molecule has 6 heteroatoms. The van der Waals surface area contributed by atoms with E-state index >= 15 is 0 Å². The average molecular weight is 229 g/mol. The van der Waals surface area contributed by atoms with Gasteiger partial charge >= 0.3 is 11.9 Å². The van der Waals surface area contributed by atoms with Gasteiger partial charge in [-0.1, -0.05) is 0 Å². The van der Waals surface area contributed by atoms with E-state index in [0.717, 1.165) is 12.8 Å². The molecule has 1 aliphatic carbocycles. The number of hydrogen-bond acceptors (Lipinski definition) is 3. The molecule has 1 rings (SSSR count). The van der Waals surface area contributed by atoms with Crippen LogP contribution in [0.1, 0.15) is 32.1 Å². The number of carbonyl (C=O) groups excluding carboxylic acids is 1. The molecule has 1 aliphatic rings. The highest BCUT2D eigenvalue weighted by Gasteiger charge is 2.32. The summed E-state index contributed by atoms with van der Waals surface area (Å²) >= 11 is 0. The van der Waals surface area contributed by atoms with E-state index in [1.165, 1.54) is 0 Å². The van der Waals surface area contributed by atoms with Gasteiger partial charge in [-0.2, -0.15) is 0 Å². The van der Waals surface area contributed by atoms with Gasteiger partial charge in [0.1, 0.15) is 6.04 Å². The zero-order chi connectivity index (χ0) is 12.1. The van der Waals surface area contributed by atoms with Crippen LogP contribution in [0.25, 0.3) is 0 Å². The van der Waals surface area contributed by atoms with E-state index in [0.29, 0.717) is 0 Å². The summed E-state index contributed by atoms with van der Waals surface area (Å²) in [5, 5.41) is 19.7. The van der Waals surface area contributed by atoms with Crippen LogP contribution in [-0.4, -0.2) is 34.1 Å². The van der Waals surface area contributed by atoms with Gasteiger partial charge in [-0.3, -0.25) is 9.59 Å². The summed E-state index contributed by atoms with van der Waals surface area (Å²) in [5.41, 5.74) is 0. The smallest absolute Gasteiger partial charge is 0.326 e. The maximum absolute atomic E-state index is 11.3. The molecule has 1 atom stereocenters. The first-order valence-electron chi connectivity index (χ1n) is 5.25. The first-order valence-corrected chi connectivity index (χ1v) is 5.25. The molecule has 0 bridgehead atoms. The minimum atomic E-state index is -1.11. The quantitative estimate of drug-likeness (QED) is 0.579. The third-order valence-electron chi connectivity index (χ3n) is 2.45. The minimum Gasteiger partial charge on any atom is -0.481 e. The molecule has 0 saturated heterocycles. The second-order valence-electron chi connectivity index (χ2n) is 3.96. The third-order valence-corrected chi connectivity index (χ3v) is 2.45. The van der Waals surface area contributed by atoms with Crippen molar-refractivity contribution in [3.63, 3.8) is 0 Å². The normalized spacial score (nSPS) is 16.5. The Labute approximate surface area is 92.6 Å². The summed E-state index contributed by atoms with van der Waals surface area (Å²) < 4.78 is 0. The van der Waals surface area contributed by atoms with Crippen molar-refractivity contribution >= 4 is 17.8 Å². The molecule has 16 heavy (non-hydrogen) atoms. The summed E-state index contributed by atoms with van der Waals surface area (Å²) in [4.78, 5) is 32.4. The number of carboxylic acids is 2. The Morgan fingerprint density at radius 2 is 1.88 bits per heavy atom. The Bertz CT molecular complexity index is 298. The van der Waals surface area contributed by atoms with Gasteiger partial charge in [0, 0.05) is 12.3 Å². The summed E-state index contributed by atoms with van der Waals surface area (Å²) in [5.74, 6) is -2.35. The van der Waals surface area contributed by atoms with Crippen LogP contribution in [-0.2, 0) is 14.4 Å². The van der Waals surface area contributed by atoms with Crippen LogP contribution in [0.2, 0.25) is 0 Å². The Hall–Kier alpha value is -1.59. The van der Waals surface area contributed by atoms with Crippen molar-refractivity contribution in [2.24, 2.45) is 5.92 Å². The topological polar surface area (TPSA) is 104 Å². The number of amides is 1. The van der Waals surface area contributed by atoms with Crippen molar-refractivity contribution in [2.45, 2.75) is 38.1 Å². The molecule has 0 aromatic heterocycles. The highest BCUT2D eigenvalue weighted by molar-refractivity contribution is 5.86. The lowest BCUT2D eigenvalue weighted by molar-refractivity contribution is -0.142. The molecule has 0 aromatic rings. The Kier molecular flexibility index (Phi) is 4.28. The highest BCUT2D eigenvalue weighted by atomic mass is 16.4. The number of carboxylic acid groups (broad SMARTS) is 2. The second-order valence-corrected chi connectivity index (χ2v) is 3.96. The number of rotatable bonds is 7. The molecule has 1 fully saturated rings. The maximum Gasteiger partial charge on any atom is 0.326 e. The van der Waals surface area contributed by atoms with E-state index in [9.17, 15) is 14.4 Å². The van der Waals surface area contributed by atoms with Crippen molar-refractivity contribution in [3.05, 3.63) is 0 Å². The molecule has 1 saturated carbocycles. The Morgan fingerprint density at radius 3 is 2.31 bits per heavy atom. The fourth-order valence-corrected chi connectivity index (χ4v) is 1.35. The van der Waals surface area contributed by atoms with Crippen molar-refractivity contribution in [3.8, 4) is 0 Å². The van der Waals surface area contributed by atoms with Crippen LogP contribution in [0.5, 0.6) is 0 Å². The zero-order valence-electron chi connectivity index (χ0n) is 8.81. The van der Waals surface area contributed by atoms with E-state index in [4.69, 9.17) is 10.2 Å². The fraction of sp³-hybridized carbons (Fsp3) is 0.700. The monoisotopic (exact) mass is 229 g/mol. The second kappa shape index (κ2) is 5.48. The van der Waals surface area contributed by atoms with Gasteiger partial charge in [0.25, 0.3) is 0 Å². The van der Waals surface area contributed by atoms with Crippen LogP contribution < -0.4 is 5.32 Å².